The van der Waals surface area contributed by atoms with Crippen molar-refractivity contribution in [3.8, 4) is 0 Å². The number of aliphatic imine (C=N–C) groups is 1. The molecule has 27 heavy (non-hydrogen) atoms. The molecule has 140 valence electrons. The minimum Gasteiger partial charge on any atom is -0.357 e. The molecule has 6 nitrogen and oxygen atoms in total. The maximum atomic E-state index is 4.94. The molecule has 0 atom stereocenters. The summed E-state index contributed by atoms with van der Waals surface area (Å²) in [4.78, 5) is 11.6. The molecule has 0 unspecified atom stereocenters. The van der Waals surface area contributed by atoms with Crippen molar-refractivity contribution < 1.29 is 0 Å². The molecular formula is C21H26N6. The predicted octanol–water partition coefficient (Wildman–Crippen LogP) is 3.30. The highest BCUT2D eigenvalue weighted by atomic mass is 15.3. The summed E-state index contributed by atoms with van der Waals surface area (Å²) in [6, 6.07) is 14.9. The Balaban J connectivity index is 1.47. The summed E-state index contributed by atoms with van der Waals surface area (Å²) < 4.78 is 0. The largest absolute Gasteiger partial charge is 0.357 e. The van der Waals surface area contributed by atoms with Gasteiger partial charge >= 0.3 is 0 Å². The highest BCUT2D eigenvalue weighted by Crippen LogP contribution is 2.25. The van der Waals surface area contributed by atoms with Gasteiger partial charge in [-0.15, -0.1) is 0 Å². The Hall–Kier alpha value is -2.89. The van der Waals surface area contributed by atoms with Gasteiger partial charge in [-0.25, -0.2) is 9.98 Å². The number of rotatable bonds is 4. The topological polar surface area (TPSA) is 69.2 Å². The summed E-state index contributed by atoms with van der Waals surface area (Å²) in [5, 5.41) is 13.0. The number of nitrogens with one attached hydrogen (secondary N) is 2. The molecule has 0 radical (unpaired) electrons. The van der Waals surface area contributed by atoms with Gasteiger partial charge < -0.3 is 10.2 Å². The lowest BCUT2D eigenvalue weighted by Crippen LogP contribution is -2.45. The number of H-pyrrole nitrogens is 1. The number of piperidine rings is 1. The summed E-state index contributed by atoms with van der Waals surface area (Å²) in [6.45, 7) is 5.64. The second kappa shape index (κ2) is 8.20. The lowest BCUT2D eigenvalue weighted by molar-refractivity contribution is 0.299. The Morgan fingerprint density at radius 1 is 1.19 bits per heavy atom. The van der Waals surface area contributed by atoms with Crippen LogP contribution in [0.15, 0.2) is 53.8 Å². The summed E-state index contributed by atoms with van der Waals surface area (Å²) in [5.41, 5.74) is 1.26. The molecule has 0 bridgehead atoms. The van der Waals surface area contributed by atoms with Crippen LogP contribution in [0.4, 0.5) is 0 Å². The van der Waals surface area contributed by atoms with Gasteiger partial charge in [-0.2, -0.15) is 5.10 Å². The molecule has 1 aliphatic rings. The van der Waals surface area contributed by atoms with Crippen LogP contribution in [0.25, 0.3) is 10.8 Å². The van der Waals surface area contributed by atoms with Gasteiger partial charge in [0.05, 0.1) is 6.54 Å². The first-order valence-electron chi connectivity index (χ1n) is 9.70. The van der Waals surface area contributed by atoms with E-state index in [2.05, 4.69) is 74.8 Å². The van der Waals surface area contributed by atoms with Crippen LogP contribution in [0, 0.1) is 0 Å². The Bertz CT molecular complexity index is 889. The summed E-state index contributed by atoms with van der Waals surface area (Å²) >= 11 is 0. The van der Waals surface area contributed by atoms with Gasteiger partial charge in [-0.3, -0.25) is 5.10 Å². The first-order chi connectivity index (χ1) is 13.3. The van der Waals surface area contributed by atoms with Crippen molar-refractivity contribution in [2.75, 3.05) is 19.6 Å². The van der Waals surface area contributed by atoms with Crippen molar-refractivity contribution in [1.29, 1.82) is 0 Å². The smallest absolute Gasteiger partial charge is 0.194 e. The number of aromatic nitrogens is 3. The third-order valence-electron chi connectivity index (χ3n) is 5.23. The average molecular weight is 362 g/mol. The number of hydrogen-bond acceptors (Lipinski definition) is 3. The number of nitrogens with zero attached hydrogens (tertiary/aromatic N) is 4. The molecule has 6 heteroatoms. The average Bonchev–Trinajstić information content (AvgIpc) is 3.26. The molecule has 0 saturated carbocycles. The minimum atomic E-state index is 0.463. The van der Waals surface area contributed by atoms with Crippen LogP contribution in [0.5, 0.6) is 0 Å². The third kappa shape index (κ3) is 3.94. The number of hydrogen-bond donors (Lipinski definition) is 2. The zero-order valence-electron chi connectivity index (χ0n) is 15.7. The van der Waals surface area contributed by atoms with Gasteiger partial charge in [0.15, 0.2) is 5.96 Å². The van der Waals surface area contributed by atoms with Gasteiger partial charge in [0.2, 0.25) is 0 Å². The van der Waals surface area contributed by atoms with E-state index in [0.717, 1.165) is 44.3 Å². The summed E-state index contributed by atoms with van der Waals surface area (Å²) in [6.07, 6.45) is 3.72. The van der Waals surface area contributed by atoms with Gasteiger partial charge in [-0.05, 0) is 36.1 Å². The fourth-order valence-electron chi connectivity index (χ4n) is 3.79. The molecule has 1 aliphatic heterocycles. The van der Waals surface area contributed by atoms with E-state index >= 15 is 0 Å². The van der Waals surface area contributed by atoms with Crippen molar-refractivity contribution in [1.82, 2.24) is 25.4 Å². The zero-order valence-corrected chi connectivity index (χ0v) is 15.7. The number of aromatic amines is 1. The van der Waals surface area contributed by atoms with Crippen LogP contribution in [-0.2, 0) is 6.54 Å². The van der Waals surface area contributed by atoms with Crippen molar-refractivity contribution in [2.24, 2.45) is 4.99 Å². The predicted molar refractivity (Wildman–Crippen MR) is 109 cm³/mol. The van der Waals surface area contributed by atoms with E-state index in [9.17, 15) is 0 Å². The van der Waals surface area contributed by atoms with Gasteiger partial charge in [0.25, 0.3) is 0 Å². The standard InChI is InChI=1S/C21H26N6/c1-2-22-21(27-12-10-17(11-13-27)20-24-15-25-26-20)23-14-18-8-5-7-16-6-3-4-9-19(16)18/h3-9,15,17H,2,10-14H2,1H3,(H,22,23)(H,24,25,26). The number of likely N-dealkylation sites (tertiary alicyclic amines) is 1. The molecule has 2 N–H and O–H groups in total. The quantitative estimate of drug-likeness (QED) is 0.552. The molecule has 1 aromatic heterocycles. The number of fused-ring (bicyclic) bond motifs is 1. The summed E-state index contributed by atoms with van der Waals surface area (Å²) in [7, 11) is 0. The second-order valence-electron chi connectivity index (χ2n) is 6.94. The van der Waals surface area contributed by atoms with E-state index in [1.807, 2.05) is 0 Å². The van der Waals surface area contributed by atoms with Gasteiger partial charge in [-0.1, -0.05) is 42.5 Å². The fourth-order valence-corrected chi connectivity index (χ4v) is 3.79. The number of benzene rings is 2. The van der Waals surface area contributed by atoms with Gasteiger partial charge in [0, 0.05) is 25.6 Å². The highest BCUT2D eigenvalue weighted by molar-refractivity contribution is 5.86. The molecule has 0 aliphatic carbocycles. The minimum absolute atomic E-state index is 0.463. The van der Waals surface area contributed by atoms with Crippen LogP contribution < -0.4 is 5.32 Å². The molecule has 4 rings (SSSR count). The van der Waals surface area contributed by atoms with Crippen LogP contribution in [0.2, 0.25) is 0 Å². The highest BCUT2D eigenvalue weighted by Gasteiger charge is 2.24. The first kappa shape index (κ1) is 17.5. The fraction of sp³-hybridized carbons (Fsp3) is 0.381. The molecule has 0 amide bonds. The molecular weight excluding hydrogens is 336 g/mol. The van der Waals surface area contributed by atoms with Crippen molar-refractivity contribution in [3.63, 3.8) is 0 Å². The Kier molecular flexibility index (Phi) is 5.32. The van der Waals surface area contributed by atoms with E-state index < -0.39 is 0 Å². The Morgan fingerprint density at radius 3 is 2.78 bits per heavy atom. The van der Waals surface area contributed by atoms with E-state index in [-0.39, 0.29) is 0 Å². The van der Waals surface area contributed by atoms with Crippen molar-refractivity contribution in [3.05, 3.63) is 60.2 Å². The number of guanidine groups is 1. The normalized spacial score (nSPS) is 16.0. The summed E-state index contributed by atoms with van der Waals surface area (Å²) in [5.74, 6) is 2.47. The van der Waals surface area contributed by atoms with E-state index in [0.29, 0.717) is 12.5 Å². The molecule has 2 heterocycles. The van der Waals surface area contributed by atoms with E-state index in [1.165, 1.54) is 16.3 Å². The monoisotopic (exact) mass is 362 g/mol. The molecule has 1 saturated heterocycles. The molecule has 2 aromatic carbocycles. The van der Waals surface area contributed by atoms with Crippen molar-refractivity contribution >= 4 is 16.7 Å². The SMILES string of the molecule is CCNC(=NCc1cccc2ccccc12)N1CCC(c2ncn[nH]2)CC1. The van der Waals surface area contributed by atoms with Crippen molar-refractivity contribution in [2.45, 2.75) is 32.2 Å². The second-order valence-corrected chi connectivity index (χ2v) is 6.94. The molecule has 1 fully saturated rings. The van der Waals surface area contributed by atoms with E-state index in [4.69, 9.17) is 4.99 Å². The lowest BCUT2D eigenvalue weighted by Gasteiger charge is -2.33. The third-order valence-corrected chi connectivity index (χ3v) is 5.23. The molecule has 0 spiro atoms. The Morgan fingerprint density at radius 2 is 2.00 bits per heavy atom. The maximum Gasteiger partial charge on any atom is 0.194 e. The van der Waals surface area contributed by atoms with Crippen LogP contribution in [0.3, 0.4) is 0 Å². The maximum absolute atomic E-state index is 4.94. The Labute approximate surface area is 159 Å². The molecule has 3 aromatic rings. The lowest BCUT2D eigenvalue weighted by atomic mass is 9.96. The van der Waals surface area contributed by atoms with Gasteiger partial charge in [0.1, 0.15) is 12.2 Å². The van der Waals surface area contributed by atoms with Crippen LogP contribution >= 0.6 is 0 Å². The zero-order chi connectivity index (χ0) is 18.5. The van der Waals surface area contributed by atoms with E-state index in [1.54, 1.807) is 6.33 Å². The first-order valence-corrected chi connectivity index (χ1v) is 9.70. The van der Waals surface area contributed by atoms with Crippen LogP contribution in [-0.4, -0.2) is 45.7 Å². The van der Waals surface area contributed by atoms with Crippen LogP contribution in [0.1, 0.15) is 37.1 Å².